The van der Waals surface area contributed by atoms with Gasteiger partial charge in [-0.2, -0.15) is 0 Å². The number of anilines is 1. The third-order valence-electron chi connectivity index (χ3n) is 5.71. The maximum Gasteiger partial charge on any atom is 0.253 e. The first-order valence-corrected chi connectivity index (χ1v) is 10.7. The zero-order chi connectivity index (χ0) is 21.5. The molecule has 1 heterocycles. The van der Waals surface area contributed by atoms with Crippen LogP contribution < -0.4 is 15.5 Å². The van der Waals surface area contributed by atoms with Crippen molar-refractivity contribution in [1.29, 1.82) is 0 Å². The summed E-state index contributed by atoms with van der Waals surface area (Å²) in [6.07, 6.45) is 2.56. The summed E-state index contributed by atoms with van der Waals surface area (Å²) in [5, 5.41) is 6.03. The van der Waals surface area contributed by atoms with Gasteiger partial charge < -0.3 is 15.5 Å². The van der Waals surface area contributed by atoms with Gasteiger partial charge in [-0.05, 0) is 49.1 Å². The van der Waals surface area contributed by atoms with Gasteiger partial charge in [0.05, 0.1) is 5.56 Å². The first kappa shape index (κ1) is 21.8. The molecule has 1 aliphatic rings. The summed E-state index contributed by atoms with van der Waals surface area (Å²) in [5.74, 6) is -0.274. The summed E-state index contributed by atoms with van der Waals surface area (Å²) in [7, 11) is 0. The quantitative estimate of drug-likeness (QED) is 0.724. The number of nitrogens with zero attached hydrogens (tertiary/aromatic N) is 1. The highest BCUT2D eigenvalue weighted by Gasteiger charge is 2.24. The molecule has 2 aromatic carbocycles. The second kappa shape index (κ2) is 10.2. The Hall–Kier alpha value is -2.89. The maximum atomic E-state index is 13.3. The molecule has 1 fully saturated rings. The van der Waals surface area contributed by atoms with Gasteiger partial charge in [0.2, 0.25) is 0 Å². The van der Waals surface area contributed by atoms with Crippen LogP contribution >= 0.6 is 0 Å². The van der Waals surface area contributed by atoms with Gasteiger partial charge in [0.15, 0.2) is 0 Å². The van der Waals surface area contributed by atoms with E-state index in [1.165, 1.54) is 18.2 Å². The number of hydrogen-bond acceptors (Lipinski definition) is 3. The minimum absolute atomic E-state index is 0.0309. The highest BCUT2D eigenvalue weighted by atomic mass is 19.1. The zero-order valence-electron chi connectivity index (χ0n) is 17.7. The van der Waals surface area contributed by atoms with Crippen molar-refractivity contribution in [2.24, 2.45) is 5.92 Å². The van der Waals surface area contributed by atoms with Crippen molar-refractivity contribution in [2.75, 3.05) is 24.5 Å². The van der Waals surface area contributed by atoms with Crippen LogP contribution in [0, 0.1) is 11.7 Å². The topological polar surface area (TPSA) is 61.4 Å². The van der Waals surface area contributed by atoms with Gasteiger partial charge in [0, 0.05) is 36.9 Å². The number of rotatable bonds is 7. The van der Waals surface area contributed by atoms with Gasteiger partial charge in [-0.15, -0.1) is 0 Å². The van der Waals surface area contributed by atoms with Crippen LogP contribution in [-0.2, 0) is 0 Å². The molecule has 0 aliphatic carbocycles. The van der Waals surface area contributed by atoms with Gasteiger partial charge in [0.1, 0.15) is 5.82 Å². The number of para-hydroxylation sites is 1. The van der Waals surface area contributed by atoms with E-state index in [1.54, 1.807) is 6.07 Å². The lowest BCUT2D eigenvalue weighted by molar-refractivity contribution is 0.0929. The molecule has 1 aliphatic heterocycles. The molecular weight excluding hydrogens is 381 g/mol. The Morgan fingerprint density at radius 2 is 1.83 bits per heavy atom. The summed E-state index contributed by atoms with van der Waals surface area (Å²) in [4.78, 5) is 27.3. The monoisotopic (exact) mass is 411 g/mol. The summed E-state index contributed by atoms with van der Waals surface area (Å²) in [5.41, 5.74) is 1.94. The molecule has 0 aromatic heterocycles. The molecule has 30 heavy (non-hydrogen) atoms. The van der Waals surface area contributed by atoms with Crippen molar-refractivity contribution in [2.45, 2.75) is 39.2 Å². The van der Waals surface area contributed by atoms with Crippen LogP contribution in [0.4, 0.5) is 10.1 Å². The number of halogens is 1. The van der Waals surface area contributed by atoms with E-state index in [0.29, 0.717) is 23.6 Å². The molecule has 0 bridgehead atoms. The summed E-state index contributed by atoms with van der Waals surface area (Å²) in [6, 6.07) is 13.4. The fourth-order valence-electron chi connectivity index (χ4n) is 3.61. The average Bonchev–Trinajstić information content (AvgIpc) is 2.77. The van der Waals surface area contributed by atoms with Crippen LogP contribution in [0.25, 0.3) is 0 Å². The molecule has 1 saturated heterocycles. The fourth-order valence-corrected chi connectivity index (χ4v) is 3.61. The van der Waals surface area contributed by atoms with E-state index < -0.39 is 5.82 Å². The number of hydrogen-bond donors (Lipinski definition) is 2. The second-order valence-electron chi connectivity index (χ2n) is 7.99. The van der Waals surface area contributed by atoms with Crippen LogP contribution in [0.2, 0.25) is 0 Å². The highest BCUT2D eigenvalue weighted by Crippen LogP contribution is 2.24. The molecule has 2 aromatic rings. The third kappa shape index (κ3) is 5.59. The number of amides is 2. The number of nitrogens with one attached hydrogen (secondary N) is 2. The molecule has 5 nitrogen and oxygen atoms in total. The number of carbonyl (C=O) groups is 2. The lowest BCUT2D eigenvalue weighted by atomic mass is 10.0. The summed E-state index contributed by atoms with van der Waals surface area (Å²) in [6.45, 7) is 6.38. The minimum Gasteiger partial charge on any atom is -0.371 e. The fraction of sp³-hybridized carbons (Fsp3) is 0.417. The third-order valence-corrected chi connectivity index (χ3v) is 5.71. The molecule has 1 unspecified atom stereocenters. The highest BCUT2D eigenvalue weighted by molar-refractivity contribution is 5.99. The Labute approximate surface area is 177 Å². The van der Waals surface area contributed by atoms with Crippen LogP contribution in [0.3, 0.4) is 0 Å². The Morgan fingerprint density at radius 3 is 2.53 bits per heavy atom. The van der Waals surface area contributed by atoms with Crippen molar-refractivity contribution in [1.82, 2.24) is 10.6 Å². The molecule has 2 N–H and O–H groups in total. The van der Waals surface area contributed by atoms with E-state index >= 15 is 0 Å². The molecule has 3 rings (SSSR count). The average molecular weight is 412 g/mol. The zero-order valence-corrected chi connectivity index (χ0v) is 17.7. The van der Waals surface area contributed by atoms with E-state index in [-0.39, 0.29) is 17.9 Å². The molecule has 0 radical (unpaired) electrons. The second-order valence-corrected chi connectivity index (χ2v) is 7.99. The number of piperidine rings is 1. The van der Waals surface area contributed by atoms with Gasteiger partial charge >= 0.3 is 0 Å². The van der Waals surface area contributed by atoms with Crippen LogP contribution in [-0.4, -0.2) is 37.5 Å². The minimum atomic E-state index is -0.416. The van der Waals surface area contributed by atoms with Crippen molar-refractivity contribution in [3.05, 3.63) is 65.5 Å². The van der Waals surface area contributed by atoms with E-state index in [1.807, 2.05) is 24.3 Å². The predicted molar refractivity (Wildman–Crippen MR) is 117 cm³/mol. The van der Waals surface area contributed by atoms with Crippen molar-refractivity contribution in [3.8, 4) is 0 Å². The van der Waals surface area contributed by atoms with Crippen molar-refractivity contribution in [3.63, 3.8) is 0 Å². The lowest BCUT2D eigenvalue weighted by Gasteiger charge is -2.35. The van der Waals surface area contributed by atoms with Gasteiger partial charge in [-0.25, -0.2) is 4.39 Å². The molecule has 160 valence electrons. The van der Waals surface area contributed by atoms with Crippen molar-refractivity contribution >= 4 is 17.5 Å². The summed E-state index contributed by atoms with van der Waals surface area (Å²) >= 11 is 0. The molecule has 2 amide bonds. The molecule has 6 heteroatoms. The van der Waals surface area contributed by atoms with Crippen LogP contribution in [0.5, 0.6) is 0 Å². The number of benzene rings is 2. The van der Waals surface area contributed by atoms with Gasteiger partial charge in [-0.3, -0.25) is 9.59 Å². The Bertz CT molecular complexity index is 878. The van der Waals surface area contributed by atoms with Gasteiger partial charge in [-0.1, -0.05) is 38.5 Å². The number of carbonyl (C=O) groups excluding carboxylic acids is 2. The molecule has 1 atom stereocenters. The first-order valence-electron chi connectivity index (χ1n) is 10.7. The Kier molecular flexibility index (Phi) is 7.44. The normalized spacial score (nSPS) is 15.5. The van der Waals surface area contributed by atoms with Crippen LogP contribution in [0.15, 0.2) is 48.5 Å². The molecule has 0 spiro atoms. The van der Waals surface area contributed by atoms with E-state index in [4.69, 9.17) is 0 Å². The van der Waals surface area contributed by atoms with E-state index in [0.717, 1.165) is 38.0 Å². The predicted octanol–water partition coefficient (Wildman–Crippen LogP) is 4.00. The molecule has 0 saturated carbocycles. The largest absolute Gasteiger partial charge is 0.371 e. The summed E-state index contributed by atoms with van der Waals surface area (Å²) < 4.78 is 13.3. The maximum absolute atomic E-state index is 13.3. The first-order chi connectivity index (χ1) is 14.5. The Morgan fingerprint density at radius 1 is 1.10 bits per heavy atom. The molecular formula is C24H30FN3O2. The van der Waals surface area contributed by atoms with Crippen molar-refractivity contribution < 1.29 is 14.0 Å². The van der Waals surface area contributed by atoms with E-state index in [2.05, 4.69) is 29.4 Å². The van der Waals surface area contributed by atoms with Gasteiger partial charge in [0.25, 0.3) is 11.8 Å². The smallest absolute Gasteiger partial charge is 0.253 e. The van der Waals surface area contributed by atoms with E-state index in [9.17, 15) is 14.0 Å². The lowest BCUT2D eigenvalue weighted by Crippen LogP contribution is -2.45. The Balaban J connectivity index is 1.58. The van der Waals surface area contributed by atoms with Crippen LogP contribution in [0.1, 0.15) is 53.8 Å². The SMILES string of the molecule is CCC(C)CNC(=O)c1ccccc1N1CCC(NC(=O)c2cccc(F)c2)CC1. The standard InChI is InChI=1S/C24H30FN3O2/c1-3-17(2)16-26-24(30)21-9-4-5-10-22(21)28-13-11-20(12-14-28)27-23(29)18-7-6-8-19(25)15-18/h4-10,15,17,20H,3,11-14,16H2,1-2H3,(H,26,30)(H,27,29).